The van der Waals surface area contributed by atoms with Crippen LogP contribution < -0.4 is 14.4 Å². The van der Waals surface area contributed by atoms with Crippen LogP contribution in [-0.2, 0) is 36.1 Å². The quantitative estimate of drug-likeness (QED) is 0.409. The Kier molecular flexibility index (Phi) is 11.8. The maximum Gasteiger partial charge on any atom is 0.264 e. The van der Waals surface area contributed by atoms with Crippen molar-refractivity contribution in [1.82, 2.24) is 14.5 Å². The smallest absolute Gasteiger partial charge is 0.264 e. The Bertz CT molecular complexity index is 1880. The van der Waals surface area contributed by atoms with Crippen LogP contribution in [0.3, 0.4) is 0 Å². The van der Waals surface area contributed by atoms with Crippen molar-refractivity contribution in [3.8, 4) is 5.75 Å². The minimum absolute atomic E-state index is 0.232. The van der Waals surface area contributed by atoms with E-state index >= 15 is 0 Å². The fraction of sp³-hybridized carbons (Fsp3) is 0.651. The average Bonchev–Trinajstić information content (AvgIpc) is 3.54. The maximum atomic E-state index is 13.7. The molecule has 11 nitrogen and oxygen atoms in total. The number of methoxy groups -OCH3 is 1. The molecule has 1 amide bonds. The highest BCUT2D eigenvalue weighted by molar-refractivity contribution is 7.90. The molecule has 3 fully saturated rings. The number of allylic oxidation sites excluding steroid dienone is 1. The van der Waals surface area contributed by atoms with Crippen LogP contribution in [0.2, 0.25) is 5.02 Å². The summed E-state index contributed by atoms with van der Waals surface area (Å²) in [6.45, 7) is 12.8. The molecule has 0 unspecified atom stereocenters. The zero-order chi connectivity index (χ0) is 39.1. The molecular weight excluding hydrogens is 752 g/mol. The van der Waals surface area contributed by atoms with E-state index in [1.54, 1.807) is 13.0 Å². The van der Waals surface area contributed by atoms with Gasteiger partial charge in [0.05, 0.1) is 50.0 Å². The predicted molar refractivity (Wildman–Crippen MR) is 218 cm³/mol. The van der Waals surface area contributed by atoms with Gasteiger partial charge in [0.25, 0.3) is 5.91 Å². The number of piperazine rings is 1. The molecule has 4 aliphatic heterocycles. The number of aryl methyl sites for hydroxylation is 1. The molecule has 13 heteroatoms. The van der Waals surface area contributed by atoms with Crippen LogP contribution in [0.5, 0.6) is 5.75 Å². The highest BCUT2D eigenvalue weighted by Crippen LogP contribution is 2.49. The van der Waals surface area contributed by atoms with E-state index in [-0.39, 0.29) is 23.3 Å². The van der Waals surface area contributed by atoms with Crippen LogP contribution in [0.25, 0.3) is 0 Å². The van der Waals surface area contributed by atoms with Gasteiger partial charge in [-0.3, -0.25) is 14.6 Å². The summed E-state index contributed by atoms with van der Waals surface area (Å²) in [7, 11) is -2.12. The van der Waals surface area contributed by atoms with Crippen molar-refractivity contribution >= 4 is 33.2 Å². The Hall–Kier alpha value is -2.71. The predicted octanol–water partition coefficient (Wildman–Crippen LogP) is 5.30. The number of amides is 1. The number of hydrogen-bond donors (Lipinski definition) is 1. The largest absolute Gasteiger partial charge is 0.490 e. The lowest BCUT2D eigenvalue weighted by Crippen LogP contribution is -2.60. The molecule has 4 heterocycles. The van der Waals surface area contributed by atoms with Crippen molar-refractivity contribution in [3.05, 3.63) is 70.3 Å². The van der Waals surface area contributed by atoms with E-state index in [9.17, 15) is 13.2 Å². The second kappa shape index (κ2) is 16.5. The summed E-state index contributed by atoms with van der Waals surface area (Å²) in [5.41, 5.74) is 2.84. The van der Waals surface area contributed by atoms with Crippen LogP contribution in [0.15, 0.2) is 48.6 Å². The molecule has 56 heavy (non-hydrogen) atoms. The summed E-state index contributed by atoms with van der Waals surface area (Å²) in [5.74, 6) is 0.415. The summed E-state index contributed by atoms with van der Waals surface area (Å²) < 4.78 is 54.9. The van der Waals surface area contributed by atoms with Gasteiger partial charge in [-0.2, -0.15) is 0 Å². The van der Waals surface area contributed by atoms with E-state index in [1.165, 1.54) is 11.1 Å². The first-order valence-corrected chi connectivity index (χ1v) is 22.6. The SMILES string of the molecule is CO[C@@]1(CN2CCN(C3COCCOC3)CC2)/C=C\C[C@H](C)[C@@H](C)S(=O)(=O)NC(=O)c2ccc3c(c2)N(C[C@@H]2CC[C@H]21)C[C@@]1(CCCc2cc(Cl)ccc21)CO3. The van der Waals surface area contributed by atoms with Crippen molar-refractivity contribution in [3.63, 3.8) is 0 Å². The fourth-order valence-corrected chi connectivity index (χ4v) is 11.7. The Morgan fingerprint density at radius 3 is 2.54 bits per heavy atom. The van der Waals surface area contributed by atoms with Crippen molar-refractivity contribution in [2.75, 3.05) is 90.9 Å². The molecule has 2 aliphatic carbocycles. The third-order valence-electron chi connectivity index (χ3n) is 14.0. The molecule has 2 saturated heterocycles. The van der Waals surface area contributed by atoms with Gasteiger partial charge in [0.2, 0.25) is 10.0 Å². The number of nitrogens with one attached hydrogen (secondary N) is 1. The number of rotatable bonds is 4. The first kappa shape index (κ1) is 40.1. The van der Waals surface area contributed by atoms with Crippen LogP contribution in [0, 0.1) is 17.8 Å². The number of ether oxygens (including phenoxy) is 4. The molecule has 1 N–H and O–H groups in total. The number of fused-ring (bicyclic) bond motifs is 4. The van der Waals surface area contributed by atoms with Gasteiger partial charge in [0, 0.05) is 68.9 Å². The molecule has 2 aromatic carbocycles. The fourth-order valence-electron chi connectivity index (χ4n) is 10.3. The van der Waals surface area contributed by atoms with Gasteiger partial charge in [0.15, 0.2) is 0 Å². The zero-order valence-electron chi connectivity index (χ0n) is 33.2. The third-order valence-corrected chi connectivity index (χ3v) is 16.1. The number of anilines is 1. The van der Waals surface area contributed by atoms with Gasteiger partial charge in [0.1, 0.15) is 11.4 Å². The molecule has 6 atom stereocenters. The summed E-state index contributed by atoms with van der Waals surface area (Å²) >= 11 is 6.52. The number of benzene rings is 2. The second-order valence-corrected chi connectivity index (χ2v) is 19.8. The van der Waals surface area contributed by atoms with Crippen LogP contribution in [0.4, 0.5) is 5.69 Å². The average molecular weight is 811 g/mol. The summed E-state index contributed by atoms with van der Waals surface area (Å²) in [4.78, 5) is 21.2. The van der Waals surface area contributed by atoms with Gasteiger partial charge in [-0.25, -0.2) is 13.1 Å². The first-order chi connectivity index (χ1) is 27.0. The number of carbonyl (C=O) groups is 1. The maximum absolute atomic E-state index is 13.7. The molecule has 2 bridgehead atoms. The summed E-state index contributed by atoms with van der Waals surface area (Å²) in [6, 6.07) is 11.9. The van der Waals surface area contributed by atoms with E-state index in [2.05, 4.69) is 43.7 Å². The lowest BCUT2D eigenvalue weighted by Gasteiger charge is -2.52. The van der Waals surface area contributed by atoms with Crippen LogP contribution in [0.1, 0.15) is 67.4 Å². The number of halogens is 1. The first-order valence-electron chi connectivity index (χ1n) is 20.7. The molecule has 8 rings (SSSR count). The standard InChI is InChI=1S/C43H59ClN4O7S/c1-30-6-4-15-43(52-3,28-46-16-18-47(19-17-46)36-25-53-20-21-54-26-36)38-11-8-34(38)24-48-27-42(14-5-7-32-22-35(44)10-12-37(32)42)29-55-40-13-9-33(23-39(40)48)41(49)45-56(50,51)31(30)2/h4,9-10,12-13,15,22-23,30-31,34,36,38H,5-8,11,14,16-21,24-29H2,1-3H3,(H,45,49)/b15-4-/t30-,31+,34-,38+,42-,43+/m0/s1. The minimum atomic E-state index is -3.97. The van der Waals surface area contributed by atoms with E-state index < -0.39 is 26.8 Å². The third kappa shape index (κ3) is 8.01. The van der Waals surface area contributed by atoms with E-state index in [0.717, 1.165) is 82.1 Å². The van der Waals surface area contributed by atoms with E-state index in [0.29, 0.717) is 63.2 Å². The van der Waals surface area contributed by atoms with Crippen molar-refractivity contribution < 1.29 is 32.2 Å². The molecule has 1 spiro atoms. The Morgan fingerprint density at radius 1 is 1.02 bits per heavy atom. The lowest BCUT2D eigenvalue weighted by atomic mass is 9.63. The molecule has 2 aromatic rings. The van der Waals surface area contributed by atoms with E-state index in [1.807, 2.05) is 32.2 Å². The number of nitrogens with zero attached hydrogens (tertiary/aromatic N) is 3. The molecular formula is C43H59ClN4O7S. The van der Waals surface area contributed by atoms with Gasteiger partial charge < -0.3 is 23.8 Å². The number of hydrogen-bond acceptors (Lipinski definition) is 10. The molecule has 0 aromatic heterocycles. The Labute approximate surface area is 338 Å². The van der Waals surface area contributed by atoms with Crippen molar-refractivity contribution in [2.45, 2.75) is 74.7 Å². The van der Waals surface area contributed by atoms with Crippen molar-refractivity contribution in [2.24, 2.45) is 17.8 Å². The zero-order valence-corrected chi connectivity index (χ0v) is 34.8. The highest BCUT2D eigenvalue weighted by Gasteiger charge is 2.50. The summed E-state index contributed by atoms with van der Waals surface area (Å²) in [6.07, 6.45) is 10.0. The molecule has 1 saturated carbocycles. The number of carbonyl (C=O) groups excluding carboxylic acids is 1. The van der Waals surface area contributed by atoms with Crippen molar-refractivity contribution in [1.29, 1.82) is 0 Å². The van der Waals surface area contributed by atoms with Gasteiger partial charge >= 0.3 is 0 Å². The van der Waals surface area contributed by atoms with Gasteiger partial charge in [-0.15, -0.1) is 0 Å². The van der Waals surface area contributed by atoms with Crippen LogP contribution >= 0.6 is 11.6 Å². The Balaban J connectivity index is 1.14. The second-order valence-electron chi connectivity index (χ2n) is 17.3. The molecule has 6 aliphatic rings. The summed E-state index contributed by atoms with van der Waals surface area (Å²) in [5, 5.41) is -0.0454. The normalized spacial score (nSPS) is 33.9. The molecule has 0 radical (unpaired) electrons. The molecule has 306 valence electrons. The minimum Gasteiger partial charge on any atom is -0.490 e. The van der Waals surface area contributed by atoms with E-state index in [4.69, 9.17) is 30.5 Å². The Morgan fingerprint density at radius 2 is 1.80 bits per heavy atom. The van der Waals surface area contributed by atoms with Gasteiger partial charge in [-0.1, -0.05) is 36.7 Å². The van der Waals surface area contributed by atoms with Crippen LogP contribution in [-0.4, -0.2) is 127 Å². The lowest BCUT2D eigenvalue weighted by molar-refractivity contribution is -0.0974. The number of sulfonamides is 1. The van der Waals surface area contributed by atoms with Gasteiger partial charge in [-0.05, 0) is 105 Å². The topological polar surface area (TPSA) is 110 Å². The highest BCUT2D eigenvalue weighted by atomic mass is 35.5. The monoisotopic (exact) mass is 810 g/mol.